The number of likely N-dealkylation sites (tertiary alicyclic amines) is 1. The van der Waals surface area contributed by atoms with Crippen LogP contribution in [-0.2, 0) is 19.4 Å². The minimum Gasteiger partial charge on any atom is -0.469 e. The van der Waals surface area contributed by atoms with Gasteiger partial charge in [-0.15, -0.1) is 0 Å². The maximum atomic E-state index is 12.0. The number of methoxy groups -OCH3 is 1. The molecule has 5 nitrogen and oxygen atoms in total. The van der Waals surface area contributed by atoms with Crippen molar-refractivity contribution in [1.82, 2.24) is 4.90 Å². The van der Waals surface area contributed by atoms with Crippen molar-refractivity contribution < 1.29 is 17.9 Å². The minimum absolute atomic E-state index is 0.115. The first-order valence-electron chi connectivity index (χ1n) is 6.84. The Hall–Kier alpha value is -0.620. The lowest BCUT2D eigenvalue weighted by atomic mass is 10.0. The molecule has 0 saturated carbocycles. The smallest absolute Gasteiger partial charge is 0.309 e. The molecular weight excluding hydrogens is 266 g/mol. The highest BCUT2D eigenvalue weighted by Crippen LogP contribution is 2.19. The van der Waals surface area contributed by atoms with E-state index in [0.717, 1.165) is 13.0 Å². The Balaban J connectivity index is 2.44. The summed E-state index contributed by atoms with van der Waals surface area (Å²) < 4.78 is 28.5. The first kappa shape index (κ1) is 16.4. The monoisotopic (exact) mass is 291 g/mol. The van der Waals surface area contributed by atoms with Crippen LogP contribution in [0.3, 0.4) is 0 Å². The molecule has 2 unspecified atom stereocenters. The Morgan fingerprint density at radius 2 is 2.11 bits per heavy atom. The van der Waals surface area contributed by atoms with Gasteiger partial charge >= 0.3 is 5.97 Å². The minimum atomic E-state index is -3.19. The molecule has 19 heavy (non-hydrogen) atoms. The Labute approximate surface area is 116 Å². The van der Waals surface area contributed by atoms with Crippen molar-refractivity contribution in [3.8, 4) is 0 Å². The van der Waals surface area contributed by atoms with E-state index in [1.165, 1.54) is 20.0 Å². The molecule has 0 aromatic rings. The molecule has 1 rings (SSSR count). The van der Waals surface area contributed by atoms with Crippen LogP contribution < -0.4 is 0 Å². The molecule has 1 aliphatic rings. The van der Waals surface area contributed by atoms with Gasteiger partial charge in [0.25, 0.3) is 0 Å². The number of carbonyl (C=O) groups is 1. The van der Waals surface area contributed by atoms with Crippen LogP contribution in [0, 0.1) is 5.92 Å². The average molecular weight is 291 g/mol. The van der Waals surface area contributed by atoms with Crippen molar-refractivity contribution in [2.45, 2.75) is 38.6 Å². The van der Waals surface area contributed by atoms with Gasteiger partial charge in [0, 0.05) is 6.04 Å². The second-order valence-corrected chi connectivity index (χ2v) is 7.69. The van der Waals surface area contributed by atoms with Crippen LogP contribution in [0.4, 0.5) is 0 Å². The van der Waals surface area contributed by atoms with Gasteiger partial charge < -0.3 is 9.64 Å². The third-order valence-corrected chi connectivity index (χ3v) is 5.66. The molecule has 1 fully saturated rings. The number of rotatable bonds is 6. The van der Waals surface area contributed by atoms with E-state index in [1.807, 2.05) is 7.05 Å². The summed E-state index contributed by atoms with van der Waals surface area (Å²) in [4.78, 5) is 13.5. The molecule has 0 aromatic heterocycles. The molecule has 1 heterocycles. The van der Waals surface area contributed by atoms with Crippen LogP contribution in [0.15, 0.2) is 0 Å². The number of nitrogens with zero attached hydrogens (tertiary/aromatic N) is 1. The van der Waals surface area contributed by atoms with Crippen molar-refractivity contribution in [3.05, 3.63) is 0 Å². The van der Waals surface area contributed by atoms with Crippen LogP contribution in [0.5, 0.6) is 0 Å². The summed E-state index contributed by atoms with van der Waals surface area (Å²) in [5, 5.41) is 0. The highest BCUT2D eigenvalue weighted by Gasteiger charge is 2.25. The highest BCUT2D eigenvalue weighted by molar-refractivity contribution is 7.91. The molecule has 1 aliphatic heterocycles. The molecule has 0 bridgehead atoms. The van der Waals surface area contributed by atoms with Crippen molar-refractivity contribution in [2.24, 2.45) is 5.92 Å². The van der Waals surface area contributed by atoms with Crippen molar-refractivity contribution in [3.63, 3.8) is 0 Å². The van der Waals surface area contributed by atoms with Crippen molar-refractivity contribution in [2.75, 3.05) is 32.2 Å². The van der Waals surface area contributed by atoms with E-state index in [-0.39, 0.29) is 11.5 Å². The molecular formula is C13H25NO4S. The maximum Gasteiger partial charge on any atom is 0.309 e. The van der Waals surface area contributed by atoms with E-state index in [0.29, 0.717) is 12.5 Å². The Kier molecular flexibility index (Phi) is 6.26. The number of piperidine rings is 1. The Morgan fingerprint density at radius 3 is 2.68 bits per heavy atom. The first-order chi connectivity index (χ1) is 8.85. The molecule has 1 saturated heterocycles. The van der Waals surface area contributed by atoms with Crippen LogP contribution >= 0.6 is 0 Å². The van der Waals surface area contributed by atoms with Gasteiger partial charge in [-0.1, -0.05) is 13.3 Å². The topological polar surface area (TPSA) is 63.7 Å². The second kappa shape index (κ2) is 7.24. The largest absolute Gasteiger partial charge is 0.469 e. The van der Waals surface area contributed by atoms with Gasteiger partial charge in [-0.25, -0.2) is 8.42 Å². The normalized spacial score (nSPS) is 23.0. The Bertz CT molecular complexity index is 393. The molecule has 0 aromatic carbocycles. The predicted molar refractivity (Wildman–Crippen MR) is 74.7 cm³/mol. The molecule has 0 radical (unpaired) electrons. The fourth-order valence-corrected chi connectivity index (χ4v) is 4.25. The zero-order valence-electron chi connectivity index (χ0n) is 12.1. The number of carbonyl (C=O) groups excluding carboxylic acids is 1. The van der Waals surface area contributed by atoms with Gasteiger partial charge in [0.15, 0.2) is 9.84 Å². The molecule has 0 spiro atoms. The summed E-state index contributed by atoms with van der Waals surface area (Å²) in [5.74, 6) is -1.00. The second-order valence-electron chi connectivity index (χ2n) is 5.46. The van der Waals surface area contributed by atoms with E-state index in [4.69, 9.17) is 0 Å². The van der Waals surface area contributed by atoms with Crippen LogP contribution in [0.25, 0.3) is 0 Å². The average Bonchev–Trinajstić information content (AvgIpc) is 2.36. The number of esters is 1. The zero-order valence-corrected chi connectivity index (χ0v) is 12.9. The van der Waals surface area contributed by atoms with E-state index < -0.39 is 21.7 Å². The summed E-state index contributed by atoms with van der Waals surface area (Å²) in [6.45, 7) is 2.64. The fourth-order valence-electron chi connectivity index (χ4n) is 2.56. The quantitative estimate of drug-likeness (QED) is 0.685. The zero-order chi connectivity index (χ0) is 14.5. The van der Waals surface area contributed by atoms with Crippen LogP contribution in [0.2, 0.25) is 0 Å². The van der Waals surface area contributed by atoms with Gasteiger partial charge in [0.05, 0.1) is 24.5 Å². The fraction of sp³-hybridized carbons (Fsp3) is 0.923. The summed E-state index contributed by atoms with van der Waals surface area (Å²) in [6.07, 6.45) is 4.10. The molecule has 0 amide bonds. The summed E-state index contributed by atoms with van der Waals surface area (Å²) >= 11 is 0. The summed E-state index contributed by atoms with van der Waals surface area (Å²) in [6, 6.07) is 0.358. The number of hydrogen-bond donors (Lipinski definition) is 0. The lowest BCUT2D eigenvalue weighted by Crippen LogP contribution is -2.37. The molecule has 0 N–H and O–H groups in total. The lowest BCUT2D eigenvalue weighted by molar-refractivity contribution is -0.144. The number of ether oxygens (including phenoxy) is 1. The van der Waals surface area contributed by atoms with Gasteiger partial charge in [0.2, 0.25) is 0 Å². The molecule has 6 heteroatoms. The van der Waals surface area contributed by atoms with Gasteiger partial charge in [-0.3, -0.25) is 4.79 Å². The maximum absolute atomic E-state index is 12.0. The van der Waals surface area contributed by atoms with Crippen molar-refractivity contribution in [1.29, 1.82) is 0 Å². The van der Waals surface area contributed by atoms with E-state index >= 15 is 0 Å². The predicted octanol–water partition coefficient (Wildman–Crippen LogP) is 1.08. The van der Waals surface area contributed by atoms with Crippen LogP contribution in [0.1, 0.15) is 32.6 Å². The Morgan fingerprint density at radius 1 is 1.42 bits per heavy atom. The van der Waals surface area contributed by atoms with Crippen LogP contribution in [-0.4, -0.2) is 57.5 Å². The first-order valence-corrected chi connectivity index (χ1v) is 8.66. The molecule has 112 valence electrons. The lowest BCUT2D eigenvalue weighted by Gasteiger charge is -2.32. The molecule has 2 atom stereocenters. The number of sulfone groups is 1. The highest BCUT2D eigenvalue weighted by atomic mass is 32.2. The third-order valence-electron chi connectivity index (χ3n) is 3.79. The van der Waals surface area contributed by atoms with Gasteiger partial charge in [-0.05, 0) is 32.9 Å². The van der Waals surface area contributed by atoms with Gasteiger partial charge in [0.1, 0.15) is 0 Å². The van der Waals surface area contributed by atoms with E-state index in [2.05, 4.69) is 9.64 Å². The SMILES string of the molecule is COC(=O)C(C)CS(=O)(=O)CCC1CCCCN1C. The summed E-state index contributed by atoms with van der Waals surface area (Å²) in [7, 11) is 0.143. The third kappa shape index (κ3) is 5.48. The molecule has 0 aliphatic carbocycles. The van der Waals surface area contributed by atoms with E-state index in [1.54, 1.807) is 6.92 Å². The van der Waals surface area contributed by atoms with Gasteiger partial charge in [-0.2, -0.15) is 0 Å². The van der Waals surface area contributed by atoms with Crippen molar-refractivity contribution >= 4 is 15.8 Å². The summed E-state index contributed by atoms with van der Waals surface area (Å²) in [5.41, 5.74) is 0. The number of hydrogen-bond acceptors (Lipinski definition) is 5. The standard InChI is InChI=1S/C13H25NO4S/c1-11(13(15)18-3)10-19(16,17)9-7-12-6-4-5-8-14(12)2/h11-12H,4-10H2,1-3H3. The van der Waals surface area contributed by atoms with E-state index in [9.17, 15) is 13.2 Å².